The minimum absolute atomic E-state index is 0.182. The van der Waals surface area contributed by atoms with E-state index in [1.807, 2.05) is 11.8 Å². The molecule has 0 aromatic carbocycles. The number of amides is 1. The van der Waals surface area contributed by atoms with E-state index in [1.165, 1.54) is 18.6 Å². The van der Waals surface area contributed by atoms with Gasteiger partial charge in [0.15, 0.2) is 0 Å². The summed E-state index contributed by atoms with van der Waals surface area (Å²) in [5.41, 5.74) is 0. The van der Waals surface area contributed by atoms with E-state index in [4.69, 9.17) is 5.11 Å². The van der Waals surface area contributed by atoms with Crippen molar-refractivity contribution in [1.29, 1.82) is 0 Å². The molecule has 0 radical (unpaired) electrons. The molecule has 0 saturated carbocycles. The zero-order valence-electron chi connectivity index (χ0n) is 10.2. The first kappa shape index (κ1) is 16.2. The molecule has 0 aromatic rings. The van der Waals surface area contributed by atoms with E-state index in [0.29, 0.717) is 6.54 Å². The Hall–Kier alpha value is -0.750. The Bertz CT molecular complexity index is 224. The molecule has 0 fully saturated rings. The summed E-state index contributed by atoms with van der Waals surface area (Å²) in [6.45, 7) is 0.0232. The van der Waals surface area contributed by atoms with Gasteiger partial charge in [0.2, 0.25) is 5.91 Å². The average molecular weight is 263 g/mol. The van der Waals surface area contributed by atoms with Gasteiger partial charge in [-0.1, -0.05) is 12.8 Å². The maximum absolute atomic E-state index is 11.1. The van der Waals surface area contributed by atoms with Gasteiger partial charge >= 0.3 is 5.97 Å². The topological polar surface area (TPSA) is 75.6 Å². The number of ether oxygens (including phenoxy) is 1. The summed E-state index contributed by atoms with van der Waals surface area (Å²) in [6, 6.07) is 0. The van der Waals surface area contributed by atoms with Gasteiger partial charge < -0.3 is 15.2 Å². The van der Waals surface area contributed by atoms with Crippen LogP contribution in [0.15, 0.2) is 0 Å². The zero-order valence-corrected chi connectivity index (χ0v) is 11.1. The molecule has 0 heterocycles. The molecule has 1 amide bonds. The van der Waals surface area contributed by atoms with Crippen LogP contribution in [0.4, 0.5) is 0 Å². The average Bonchev–Trinajstić information content (AvgIpc) is 2.27. The molecule has 0 aliphatic heterocycles. The van der Waals surface area contributed by atoms with Crippen LogP contribution in [-0.2, 0) is 14.3 Å². The molecule has 0 rings (SSSR count). The minimum Gasteiger partial charge on any atom is -0.480 e. The molecule has 0 saturated heterocycles. The predicted octanol–water partition coefficient (Wildman–Crippen LogP) is 1.13. The predicted molar refractivity (Wildman–Crippen MR) is 68.3 cm³/mol. The van der Waals surface area contributed by atoms with Gasteiger partial charge in [0.1, 0.15) is 13.2 Å². The molecule has 17 heavy (non-hydrogen) atoms. The van der Waals surface area contributed by atoms with Crippen LogP contribution in [0.1, 0.15) is 25.7 Å². The van der Waals surface area contributed by atoms with Gasteiger partial charge in [0.05, 0.1) is 0 Å². The summed E-state index contributed by atoms with van der Waals surface area (Å²) in [5, 5.41) is 11.0. The van der Waals surface area contributed by atoms with Crippen molar-refractivity contribution in [2.24, 2.45) is 0 Å². The van der Waals surface area contributed by atoms with Crippen molar-refractivity contribution in [2.45, 2.75) is 25.7 Å². The van der Waals surface area contributed by atoms with Gasteiger partial charge in [-0.2, -0.15) is 11.8 Å². The van der Waals surface area contributed by atoms with Gasteiger partial charge in [-0.05, 0) is 24.9 Å². The van der Waals surface area contributed by atoms with E-state index in [1.54, 1.807) is 0 Å². The lowest BCUT2D eigenvalue weighted by molar-refractivity contribution is -0.143. The second-order valence-corrected chi connectivity index (χ2v) is 4.63. The lowest BCUT2D eigenvalue weighted by Gasteiger charge is -2.05. The molecular formula is C11H21NO4S. The number of thioether (sulfide) groups is 1. The van der Waals surface area contributed by atoms with Crippen molar-refractivity contribution in [1.82, 2.24) is 5.32 Å². The zero-order chi connectivity index (χ0) is 12.9. The van der Waals surface area contributed by atoms with Crippen LogP contribution in [0.25, 0.3) is 0 Å². The second-order valence-electron chi connectivity index (χ2n) is 3.64. The Morgan fingerprint density at radius 2 is 1.88 bits per heavy atom. The van der Waals surface area contributed by atoms with E-state index in [2.05, 4.69) is 16.3 Å². The van der Waals surface area contributed by atoms with Crippen LogP contribution in [0, 0.1) is 0 Å². The lowest BCUT2D eigenvalue weighted by Crippen LogP contribution is -2.29. The third-order valence-electron chi connectivity index (χ3n) is 2.06. The van der Waals surface area contributed by atoms with E-state index in [9.17, 15) is 9.59 Å². The first-order valence-electron chi connectivity index (χ1n) is 5.72. The standard InChI is InChI=1S/C11H21NO4S/c1-17-7-5-3-2-4-6-12-10(13)8-16-9-11(14)15/h2-9H2,1H3,(H,12,13)(H,14,15). The Balaban J connectivity index is 3.19. The number of carboxylic acids is 1. The third-order valence-corrected chi connectivity index (χ3v) is 2.75. The Kier molecular flexibility index (Phi) is 11.2. The number of rotatable bonds is 11. The van der Waals surface area contributed by atoms with E-state index in [0.717, 1.165) is 12.8 Å². The first-order valence-corrected chi connectivity index (χ1v) is 7.11. The molecule has 0 spiro atoms. The van der Waals surface area contributed by atoms with Gasteiger partial charge in [0.25, 0.3) is 0 Å². The van der Waals surface area contributed by atoms with Crippen LogP contribution in [-0.4, -0.2) is 48.8 Å². The van der Waals surface area contributed by atoms with Gasteiger partial charge in [0, 0.05) is 6.54 Å². The molecule has 0 aromatic heterocycles. The Labute approximate surface area is 106 Å². The minimum atomic E-state index is -1.06. The molecule has 100 valence electrons. The summed E-state index contributed by atoms with van der Waals surface area (Å²) >= 11 is 1.85. The van der Waals surface area contributed by atoms with Crippen molar-refractivity contribution in [3.63, 3.8) is 0 Å². The van der Waals surface area contributed by atoms with Crippen LogP contribution in [0.3, 0.4) is 0 Å². The van der Waals surface area contributed by atoms with Crippen LogP contribution >= 0.6 is 11.8 Å². The molecule has 0 unspecified atom stereocenters. The number of aliphatic carboxylic acids is 1. The number of carboxylic acid groups (broad SMARTS) is 1. The quantitative estimate of drug-likeness (QED) is 0.546. The summed E-state index contributed by atoms with van der Waals surface area (Å²) in [6.07, 6.45) is 6.57. The van der Waals surface area contributed by atoms with Crippen molar-refractivity contribution in [3.8, 4) is 0 Å². The summed E-state index contributed by atoms with van der Waals surface area (Å²) < 4.78 is 4.65. The van der Waals surface area contributed by atoms with Gasteiger partial charge in [-0.3, -0.25) is 4.79 Å². The Morgan fingerprint density at radius 3 is 2.53 bits per heavy atom. The highest BCUT2D eigenvalue weighted by atomic mass is 32.2. The second kappa shape index (κ2) is 11.7. The molecular weight excluding hydrogens is 242 g/mol. The van der Waals surface area contributed by atoms with Crippen LogP contribution < -0.4 is 5.32 Å². The summed E-state index contributed by atoms with van der Waals surface area (Å²) in [7, 11) is 0. The molecule has 0 bridgehead atoms. The normalized spacial score (nSPS) is 10.2. The van der Waals surface area contributed by atoms with Crippen molar-refractivity contribution < 1.29 is 19.4 Å². The molecule has 2 N–H and O–H groups in total. The van der Waals surface area contributed by atoms with E-state index < -0.39 is 12.6 Å². The number of hydrogen-bond acceptors (Lipinski definition) is 4. The molecule has 5 nitrogen and oxygen atoms in total. The maximum Gasteiger partial charge on any atom is 0.329 e. The number of carbonyl (C=O) groups is 2. The lowest BCUT2D eigenvalue weighted by atomic mass is 10.2. The van der Waals surface area contributed by atoms with Crippen LogP contribution in [0.5, 0.6) is 0 Å². The fourth-order valence-electron chi connectivity index (χ4n) is 1.23. The third kappa shape index (κ3) is 13.2. The number of carbonyl (C=O) groups excluding carboxylic acids is 1. The fraction of sp³-hybridized carbons (Fsp3) is 0.818. The molecule has 0 aliphatic rings. The largest absolute Gasteiger partial charge is 0.480 e. The van der Waals surface area contributed by atoms with Crippen molar-refractivity contribution in [3.05, 3.63) is 0 Å². The smallest absolute Gasteiger partial charge is 0.329 e. The van der Waals surface area contributed by atoms with Crippen LogP contribution in [0.2, 0.25) is 0 Å². The van der Waals surface area contributed by atoms with E-state index in [-0.39, 0.29) is 12.5 Å². The fourth-order valence-corrected chi connectivity index (χ4v) is 1.73. The van der Waals surface area contributed by atoms with Gasteiger partial charge in [-0.25, -0.2) is 4.79 Å². The van der Waals surface area contributed by atoms with Gasteiger partial charge in [-0.15, -0.1) is 0 Å². The maximum atomic E-state index is 11.1. The highest BCUT2D eigenvalue weighted by Crippen LogP contribution is 2.03. The summed E-state index contributed by atoms with van der Waals surface area (Å²) in [4.78, 5) is 21.2. The number of unbranched alkanes of at least 4 members (excludes halogenated alkanes) is 3. The highest BCUT2D eigenvalue weighted by Gasteiger charge is 2.02. The molecule has 0 aliphatic carbocycles. The Morgan fingerprint density at radius 1 is 1.18 bits per heavy atom. The summed E-state index contributed by atoms with van der Waals surface area (Å²) in [5.74, 6) is -0.128. The monoisotopic (exact) mass is 263 g/mol. The molecule has 0 atom stereocenters. The highest BCUT2D eigenvalue weighted by molar-refractivity contribution is 7.98. The van der Waals surface area contributed by atoms with Crippen molar-refractivity contribution in [2.75, 3.05) is 31.8 Å². The number of hydrogen-bond donors (Lipinski definition) is 2. The van der Waals surface area contributed by atoms with Crippen molar-refractivity contribution >= 4 is 23.6 Å². The van der Waals surface area contributed by atoms with E-state index >= 15 is 0 Å². The first-order chi connectivity index (χ1) is 8.16. The number of nitrogens with one attached hydrogen (secondary N) is 1. The molecule has 6 heteroatoms. The SMILES string of the molecule is CSCCCCCCNC(=O)COCC(=O)O.